The first-order valence-electron chi connectivity index (χ1n) is 5.67. The van der Waals surface area contributed by atoms with E-state index in [1.54, 1.807) is 6.92 Å². The Bertz CT molecular complexity index is 779. The molecule has 2 rings (SSSR count). The average Bonchev–Trinajstić information content (AvgIpc) is 2.75. The third-order valence-corrected chi connectivity index (χ3v) is 2.91. The molecule has 0 amide bonds. The van der Waals surface area contributed by atoms with Crippen LogP contribution < -0.4 is 4.74 Å². The van der Waals surface area contributed by atoms with E-state index in [0.717, 1.165) is 6.07 Å². The van der Waals surface area contributed by atoms with E-state index < -0.39 is 4.92 Å². The van der Waals surface area contributed by atoms with Gasteiger partial charge in [0.05, 0.1) is 29.9 Å². The monoisotopic (exact) mass is 309 g/mol. The van der Waals surface area contributed by atoms with Crippen molar-refractivity contribution in [1.82, 2.24) is 14.9 Å². The van der Waals surface area contributed by atoms with Gasteiger partial charge in [-0.15, -0.1) is 0 Å². The summed E-state index contributed by atoms with van der Waals surface area (Å²) in [7, 11) is 1.31. The van der Waals surface area contributed by atoms with Gasteiger partial charge in [-0.25, -0.2) is 0 Å². The Morgan fingerprint density at radius 2 is 2.33 bits per heavy atom. The largest absolute Gasteiger partial charge is 0.504 e. The lowest BCUT2D eigenvalue weighted by Crippen LogP contribution is -1.99. The number of nitro benzene ring substituents is 1. The van der Waals surface area contributed by atoms with Gasteiger partial charge in [0.15, 0.2) is 11.5 Å². The third kappa shape index (κ3) is 2.89. The van der Waals surface area contributed by atoms with Crippen molar-refractivity contribution in [3.05, 3.63) is 38.4 Å². The summed E-state index contributed by atoms with van der Waals surface area (Å²) < 4.78 is 6.40. The molecule has 0 saturated heterocycles. The number of nitro groups is 1. The zero-order valence-electron chi connectivity index (χ0n) is 11.1. The third-order valence-electron chi connectivity index (χ3n) is 2.65. The molecule has 1 aromatic carbocycles. The van der Waals surface area contributed by atoms with Crippen LogP contribution in [-0.2, 0) is 0 Å². The van der Waals surface area contributed by atoms with Crippen LogP contribution in [0.2, 0.25) is 0 Å². The lowest BCUT2D eigenvalue weighted by atomic mass is 10.1. The van der Waals surface area contributed by atoms with Crippen LogP contribution in [0.5, 0.6) is 11.5 Å². The fraction of sp³-hybridized carbons (Fsp3) is 0.182. The van der Waals surface area contributed by atoms with Gasteiger partial charge in [-0.3, -0.25) is 15.2 Å². The number of rotatable bonds is 4. The second kappa shape index (κ2) is 5.71. The van der Waals surface area contributed by atoms with Crippen LogP contribution in [0.4, 0.5) is 5.69 Å². The molecule has 21 heavy (non-hydrogen) atoms. The van der Waals surface area contributed by atoms with Crippen LogP contribution in [0.25, 0.3) is 0 Å². The van der Waals surface area contributed by atoms with Crippen molar-refractivity contribution in [2.24, 2.45) is 5.10 Å². The molecule has 0 bridgehead atoms. The Kier molecular flexibility index (Phi) is 3.98. The van der Waals surface area contributed by atoms with E-state index in [0.29, 0.717) is 5.82 Å². The molecule has 1 heterocycles. The highest BCUT2D eigenvalue weighted by atomic mass is 32.1. The first kappa shape index (κ1) is 14.7. The molecule has 2 aromatic rings. The summed E-state index contributed by atoms with van der Waals surface area (Å²) in [5, 5.41) is 31.2. The van der Waals surface area contributed by atoms with E-state index in [1.807, 2.05) is 0 Å². The normalized spacial score (nSPS) is 11.0. The number of nitrogens with one attached hydrogen (secondary N) is 1. The Hall–Kier alpha value is -2.75. The molecule has 0 aliphatic heterocycles. The maximum Gasteiger partial charge on any atom is 0.282 e. The minimum Gasteiger partial charge on any atom is -0.504 e. The van der Waals surface area contributed by atoms with Crippen molar-refractivity contribution >= 4 is 24.1 Å². The number of aromatic nitrogens is 3. The minimum atomic E-state index is -0.592. The van der Waals surface area contributed by atoms with Crippen LogP contribution in [0.15, 0.2) is 17.2 Å². The number of nitrogens with zero attached hydrogens (tertiary/aromatic N) is 4. The van der Waals surface area contributed by atoms with Gasteiger partial charge >= 0.3 is 0 Å². The Balaban J connectivity index is 2.51. The van der Waals surface area contributed by atoms with Gasteiger partial charge in [0, 0.05) is 0 Å². The molecule has 2 N–H and O–H groups in total. The molecule has 1 aromatic heterocycles. The number of methoxy groups -OCH3 is 1. The molecule has 0 atom stereocenters. The maximum absolute atomic E-state index is 11.1. The number of aromatic hydroxyl groups is 1. The number of hydrogen-bond acceptors (Lipinski definition) is 7. The molecular formula is C11H11N5O4S. The summed E-state index contributed by atoms with van der Waals surface area (Å²) in [6.07, 6.45) is 1.22. The second-order valence-electron chi connectivity index (χ2n) is 3.97. The van der Waals surface area contributed by atoms with Crippen LogP contribution in [-0.4, -0.2) is 38.2 Å². The van der Waals surface area contributed by atoms with Gasteiger partial charge in [-0.2, -0.15) is 14.9 Å². The lowest BCUT2D eigenvalue weighted by Gasteiger charge is -2.05. The molecule has 0 spiro atoms. The van der Waals surface area contributed by atoms with Gasteiger partial charge in [-0.1, -0.05) is 0 Å². The van der Waals surface area contributed by atoms with Crippen molar-refractivity contribution in [3.8, 4) is 11.5 Å². The molecule has 0 unspecified atom stereocenters. The number of ether oxygens (including phenoxy) is 1. The SMILES string of the molecule is COc1cc([N+](=O)[O-])c(/C=N\n2c(C)n[nH]c2=S)cc1O. The van der Waals surface area contributed by atoms with E-state index in [2.05, 4.69) is 15.3 Å². The first-order chi connectivity index (χ1) is 9.93. The number of aromatic amines is 1. The Morgan fingerprint density at radius 1 is 1.62 bits per heavy atom. The van der Waals surface area contributed by atoms with E-state index in [9.17, 15) is 15.2 Å². The molecule has 0 aliphatic rings. The van der Waals surface area contributed by atoms with Crippen LogP contribution in [0, 0.1) is 21.8 Å². The number of hydrogen-bond donors (Lipinski definition) is 2. The van der Waals surface area contributed by atoms with Crippen molar-refractivity contribution < 1.29 is 14.8 Å². The summed E-state index contributed by atoms with van der Waals surface area (Å²) in [5.41, 5.74) is -0.137. The van der Waals surface area contributed by atoms with Crippen LogP contribution in [0.1, 0.15) is 11.4 Å². The van der Waals surface area contributed by atoms with Crippen LogP contribution in [0.3, 0.4) is 0 Å². The minimum absolute atomic E-state index is 0.00922. The van der Waals surface area contributed by atoms with Gasteiger partial charge in [-0.05, 0) is 25.2 Å². The molecular weight excluding hydrogens is 298 g/mol. The van der Waals surface area contributed by atoms with Gasteiger partial charge < -0.3 is 9.84 Å². The topological polar surface area (TPSA) is 119 Å². The van der Waals surface area contributed by atoms with Crippen molar-refractivity contribution in [2.45, 2.75) is 6.92 Å². The number of benzene rings is 1. The summed E-state index contributed by atoms with van der Waals surface area (Å²) in [6.45, 7) is 1.67. The number of aryl methyl sites for hydroxylation is 1. The number of H-pyrrole nitrogens is 1. The Labute approximate surface area is 123 Å². The second-order valence-corrected chi connectivity index (χ2v) is 4.36. The van der Waals surface area contributed by atoms with Crippen molar-refractivity contribution in [1.29, 1.82) is 0 Å². The maximum atomic E-state index is 11.1. The van der Waals surface area contributed by atoms with Crippen molar-refractivity contribution in [3.63, 3.8) is 0 Å². The molecule has 0 saturated carbocycles. The van der Waals surface area contributed by atoms with Crippen molar-refractivity contribution in [2.75, 3.05) is 7.11 Å². The smallest absolute Gasteiger partial charge is 0.282 e. The van der Waals surface area contributed by atoms with E-state index in [1.165, 1.54) is 24.1 Å². The van der Waals surface area contributed by atoms with E-state index >= 15 is 0 Å². The average molecular weight is 309 g/mol. The highest BCUT2D eigenvalue weighted by Crippen LogP contribution is 2.32. The highest BCUT2D eigenvalue weighted by molar-refractivity contribution is 7.71. The molecule has 10 heteroatoms. The van der Waals surface area contributed by atoms with E-state index in [-0.39, 0.29) is 27.5 Å². The summed E-state index contributed by atoms with van der Waals surface area (Å²) >= 11 is 4.97. The quantitative estimate of drug-likeness (QED) is 0.384. The molecule has 0 fully saturated rings. The highest BCUT2D eigenvalue weighted by Gasteiger charge is 2.17. The van der Waals surface area contributed by atoms with E-state index in [4.69, 9.17) is 17.0 Å². The lowest BCUT2D eigenvalue weighted by molar-refractivity contribution is -0.385. The summed E-state index contributed by atoms with van der Waals surface area (Å²) in [5.74, 6) is 0.281. The predicted molar refractivity (Wildman–Crippen MR) is 76.5 cm³/mol. The van der Waals surface area contributed by atoms with Gasteiger partial charge in [0.2, 0.25) is 4.77 Å². The molecule has 110 valence electrons. The summed E-state index contributed by atoms with van der Waals surface area (Å²) in [6, 6.07) is 2.32. The zero-order chi connectivity index (χ0) is 15.6. The molecule has 0 radical (unpaired) electrons. The number of phenolic OH excluding ortho intramolecular Hbond substituents is 1. The van der Waals surface area contributed by atoms with Crippen LogP contribution >= 0.6 is 12.2 Å². The number of phenols is 1. The molecule has 9 nitrogen and oxygen atoms in total. The molecule has 0 aliphatic carbocycles. The summed E-state index contributed by atoms with van der Waals surface area (Å²) in [4.78, 5) is 10.5. The zero-order valence-corrected chi connectivity index (χ0v) is 11.9. The van der Waals surface area contributed by atoms with Gasteiger partial charge in [0.25, 0.3) is 5.69 Å². The fourth-order valence-electron chi connectivity index (χ4n) is 1.63. The predicted octanol–water partition coefficient (Wildman–Crippen LogP) is 1.75. The fourth-order valence-corrected chi connectivity index (χ4v) is 1.85. The standard InChI is InChI=1S/C11H11N5O4S/c1-6-13-14-11(21)15(6)12-5-7-3-9(17)10(20-2)4-8(7)16(18)19/h3-5,17H,1-2H3,(H,14,21)/b12-5-. The van der Waals surface area contributed by atoms with Gasteiger partial charge in [0.1, 0.15) is 5.82 Å². The first-order valence-corrected chi connectivity index (χ1v) is 6.08. The Morgan fingerprint density at radius 3 is 2.86 bits per heavy atom.